The second kappa shape index (κ2) is 6.77. The minimum absolute atomic E-state index is 0.680. The molecule has 2 radical (unpaired) electrons. The van der Waals surface area contributed by atoms with E-state index >= 15 is 0 Å². The second-order valence-corrected chi connectivity index (χ2v) is 4.10. The highest BCUT2D eigenvalue weighted by Gasteiger charge is 2.01. The fourth-order valence-corrected chi connectivity index (χ4v) is 1.82. The summed E-state index contributed by atoms with van der Waals surface area (Å²) in [6.07, 6.45) is 0. The van der Waals surface area contributed by atoms with Crippen molar-refractivity contribution in [2.45, 2.75) is 13.8 Å². The summed E-state index contributed by atoms with van der Waals surface area (Å²) in [6, 6.07) is 5.53. The van der Waals surface area contributed by atoms with E-state index in [0.717, 1.165) is 31.9 Å². The van der Waals surface area contributed by atoms with Crippen molar-refractivity contribution >= 4 is 17.3 Å². The molecular formula is C13H19ClN2. The number of likely N-dealkylation sites (N-methyl/N-ethyl adjacent to an activating group) is 1. The fraction of sp³-hybridized carbons (Fsp3) is 0.462. The van der Waals surface area contributed by atoms with E-state index in [1.54, 1.807) is 6.07 Å². The Hall–Kier alpha value is -0.730. The monoisotopic (exact) mass is 238 g/mol. The Balaban J connectivity index is 2.42. The van der Waals surface area contributed by atoms with Crippen LogP contribution in [0.3, 0.4) is 0 Å². The zero-order chi connectivity index (χ0) is 12.0. The van der Waals surface area contributed by atoms with Crippen LogP contribution in [0.5, 0.6) is 0 Å². The maximum Gasteiger partial charge on any atom is 0.0640 e. The van der Waals surface area contributed by atoms with Gasteiger partial charge in [0.25, 0.3) is 0 Å². The number of hydrogen-bond acceptors (Lipinski definition) is 2. The molecule has 0 fully saturated rings. The Bertz CT molecular complexity index is 322. The van der Waals surface area contributed by atoms with E-state index in [-0.39, 0.29) is 0 Å². The second-order valence-electron chi connectivity index (χ2n) is 3.69. The average Bonchev–Trinajstić information content (AvgIpc) is 2.27. The highest BCUT2D eigenvalue weighted by molar-refractivity contribution is 6.33. The van der Waals surface area contributed by atoms with Crippen molar-refractivity contribution in [2.75, 3.05) is 31.5 Å². The summed E-state index contributed by atoms with van der Waals surface area (Å²) in [5, 5.41) is 3.99. The molecule has 2 nitrogen and oxygen atoms in total. The third-order valence-corrected chi connectivity index (χ3v) is 2.94. The molecule has 0 saturated carbocycles. The van der Waals surface area contributed by atoms with Gasteiger partial charge in [0.05, 0.1) is 10.7 Å². The number of halogens is 1. The normalized spacial score (nSPS) is 10.8. The van der Waals surface area contributed by atoms with Crippen LogP contribution in [0.15, 0.2) is 18.2 Å². The summed E-state index contributed by atoms with van der Waals surface area (Å²) in [7, 11) is 0. The van der Waals surface area contributed by atoms with Crippen molar-refractivity contribution in [1.29, 1.82) is 0 Å². The first kappa shape index (κ1) is 13.3. The van der Waals surface area contributed by atoms with Gasteiger partial charge in [-0.15, -0.1) is 0 Å². The predicted octanol–water partition coefficient (Wildman–Crippen LogP) is 3.15. The molecule has 0 aliphatic heterocycles. The molecule has 0 spiro atoms. The molecule has 1 N–H and O–H groups in total. The Morgan fingerprint density at radius 3 is 2.56 bits per heavy atom. The van der Waals surface area contributed by atoms with Crippen molar-refractivity contribution in [2.24, 2.45) is 0 Å². The lowest BCUT2D eigenvalue weighted by Crippen LogP contribution is -2.28. The Labute approximate surface area is 104 Å². The van der Waals surface area contributed by atoms with E-state index in [1.807, 2.05) is 12.1 Å². The number of anilines is 1. The summed E-state index contributed by atoms with van der Waals surface area (Å²) in [5.41, 5.74) is 1.64. The smallest absolute Gasteiger partial charge is 0.0640 e. The van der Waals surface area contributed by atoms with Crippen LogP contribution in [0, 0.1) is 6.92 Å². The predicted molar refractivity (Wildman–Crippen MR) is 71.1 cm³/mol. The molecule has 3 heteroatoms. The maximum absolute atomic E-state index is 6.06. The van der Waals surface area contributed by atoms with Crippen molar-refractivity contribution in [3.63, 3.8) is 0 Å². The first-order valence-electron chi connectivity index (χ1n) is 5.68. The first-order valence-corrected chi connectivity index (χ1v) is 6.06. The number of hydrogen-bond donors (Lipinski definition) is 1. The van der Waals surface area contributed by atoms with Crippen molar-refractivity contribution < 1.29 is 0 Å². The van der Waals surface area contributed by atoms with Crippen LogP contribution in [0.2, 0.25) is 5.02 Å². The SMILES string of the molecule is [CH]c1ccc(NCCN(CC)CC)c(Cl)c1. The lowest BCUT2D eigenvalue weighted by atomic mass is 10.2. The summed E-state index contributed by atoms with van der Waals surface area (Å²) in [6.45, 7) is 14.0. The number of nitrogens with one attached hydrogen (secondary N) is 1. The van der Waals surface area contributed by atoms with Crippen LogP contribution in [0.4, 0.5) is 5.69 Å². The van der Waals surface area contributed by atoms with Gasteiger partial charge in [-0.25, -0.2) is 0 Å². The van der Waals surface area contributed by atoms with Gasteiger partial charge < -0.3 is 10.2 Å². The third-order valence-electron chi connectivity index (χ3n) is 2.63. The van der Waals surface area contributed by atoms with Crippen LogP contribution in [0.25, 0.3) is 0 Å². The van der Waals surface area contributed by atoms with Gasteiger partial charge >= 0.3 is 0 Å². The van der Waals surface area contributed by atoms with Gasteiger partial charge in [0, 0.05) is 13.1 Å². The van der Waals surface area contributed by atoms with Crippen molar-refractivity contribution in [1.82, 2.24) is 4.90 Å². The Morgan fingerprint density at radius 1 is 1.31 bits per heavy atom. The number of rotatable bonds is 6. The van der Waals surface area contributed by atoms with E-state index in [0.29, 0.717) is 10.6 Å². The molecule has 0 aliphatic carbocycles. The van der Waals surface area contributed by atoms with Gasteiger partial charge in [-0.2, -0.15) is 0 Å². The van der Waals surface area contributed by atoms with Gasteiger partial charge in [0.1, 0.15) is 0 Å². The molecule has 88 valence electrons. The van der Waals surface area contributed by atoms with Crippen LogP contribution < -0.4 is 5.32 Å². The lowest BCUT2D eigenvalue weighted by Gasteiger charge is -2.18. The van der Waals surface area contributed by atoms with Gasteiger partial charge in [-0.05, 0) is 37.7 Å². The van der Waals surface area contributed by atoms with Gasteiger partial charge in [0.15, 0.2) is 0 Å². The molecule has 0 unspecified atom stereocenters. The molecule has 0 heterocycles. The molecule has 0 aliphatic rings. The van der Waals surface area contributed by atoms with E-state index < -0.39 is 0 Å². The maximum atomic E-state index is 6.06. The van der Waals surface area contributed by atoms with Gasteiger partial charge in [-0.3, -0.25) is 0 Å². The molecule has 0 atom stereocenters. The number of nitrogens with zero attached hydrogens (tertiary/aromatic N) is 1. The van der Waals surface area contributed by atoms with Gasteiger partial charge in [0.2, 0.25) is 0 Å². The molecule has 0 bridgehead atoms. The number of benzene rings is 1. The molecule has 1 rings (SSSR count). The zero-order valence-corrected chi connectivity index (χ0v) is 10.7. The third kappa shape index (κ3) is 4.03. The zero-order valence-electron chi connectivity index (χ0n) is 9.96. The van der Waals surface area contributed by atoms with Crippen LogP contribution >= 0.6 is 11.6 Å². The molecule has 0 amide bonds. The molecule has 0 saturated heterocycles. The highest BCUT2D eigenvalue weighted by Crippen LogP contribution is 2.22. The fourth-order valence-electron chi connectivity index (χ4n) is 1.56. The quantitative estimate of drug-likeness (QED) is 0.819. The van der Waals surface area contributed by atoms with E-state index in [2.05, 4.69) is 24.1 Å². The minimum Gasteiger partial charge on any atom is -0.383 e. The van der Waals surface area contributed by atoms with Crippen LogP contribution in [-0.4, -0.2) is 31.1 Å². The van der Waals surface area contributed by atoms with Crippen LogP contribution in [0.1, 0.15) is 19.4 Å². The first-order chi connectivity index (χ1) is 7.67. The van der Waals surface area contributed by atoms with E-state index in [1.165, 1.54) is 0 Å². The van der Waals surface area contributed by atoms with Crippen LogP contribution in [-0.2, 0) is 0 Å². The Morgan fingerprint density at radius 2 is 2.00 bits per heavy atom. The molecule has 1 aromatic carbocycles. The minimum atomic E-state index is 0.680. The highest BCUT2D eigenvalue weighted by atomic mass is 35.5. The molecule has 16 heavy (non-hydrogen) atoms. The summed E-state index contributed by atoms with van der Waals surface area (Å²) in [5.74, 6) is 0. The topological polar surface area (TPSA) is 15.3 Å². The van der Waals surface area contributed by atoms with Gasteiger partial charge in [-0.1, -0.05) is 31.5 Å². The molecule has 1 aromatic rings. The summed E-state index contributed by atoms with van der Waals surface area (Å²) < 4.78 is 0. The largest absolute Gasteiger partial charge is 0.383 e. The summed E-state index contributed by atoms with van der Waals surface area (Å²) >= 11 is 6.06. The Kier molecular flexibility index (Phi) is 5.64. The summed E-state index contributed by atoms with van der Waals surface area (Å²) in [4.78, 5) is 2.36. The van der Waals surface area contributed by atoms with E-state index in [4.69, 9.17) is 18.5 Å². The molecule has 0 aromatic heterocycles. The molecular weight excluding hydrogens is 220 g/mol. The van der Waals surface area contributed by atoms with Crippen molar-refractivity contribution in [3.8, 4) is 0 Å². The van der Waals surface area contributed by atoms with E-state index in [9.17, 15) is 0 Å². The average molecular weight is 239 g/mol. The standard InChI is InChI=1S/C13H19ClN2/c1-4-16(5-2)9-8-15-13-7-6-11(3)10-12(13)14/h3,6-7,10,15H,4-5,8-9H2,1-2H3. The van der Waals surface area contributed by atoms with Crippen molar-refractivity contribution in [3.05, 3.63) is 35.7 Å². The lowest BCUT2D eigenvalue weighted by molar-refractivity contribution is 0.316.